The Kier molecular flexibility index (Phi) is 5.87. The molecule has 0 aromatic carbocycles. The predicted octanol–water partition coefficient (Wildman–Crippen LogP) is -2.23. The number of ether oxygens (including phenoxy) is 4. The Labute approximate surface area is 155 Å². The fraction of sp³-hybridized carbons (Fsp3) is 0.706. The first-order valence-electron chi connectivity index (χ1n) is 8.56. The molecule has 5 N–H and O–H groups in total. The van der Waals surface area contributed by atoms with E-state index in [0.717, 1.165) is 0 Å². The van der Waals surface area contributed by atoms with Gasteiger partial charge in [-0.15, -0.1) is 0 Å². The molecule has 3 aliphatic rings. The minimum atomic E-state index is -1.60. The summed E-state index contributed by atoms with van der Waals surface area (Å²) in [5.41, 5.74) is 0.623. The van der Waals surface area contributed by atoms with Gasteiger partial charge >= 0.3 is 5.97 Å². The highest BCUT2D eigenvalue weighted by molar-refractivity contribution is 5.89. The summed E-state index contributed by atoms with van der Waals surface area (Å²) in [4.78, 5) is 12.0. The van der Waals surface area contributed by atoms with Crippen LogP contribution in [-0.2, 0) is 23.7 Å². The Balaban J connectivity index is 1.81. The first-order valence-corrected chi connectivity index (χ1v) is 8.56. The number of rotatable bonds is 4. The molecule has 1 saturated carbocycles. The molecule has 0 amide bonds. The van der Waals surface area contributed by atoms with E-state index in [1.807, 2.05) is 0 Å². The highest BCUT2D eigenvalue weighted by Crippen LogP contribution is 2.46. The van der Waals surface area contributed by atoms with E-state index in [1.165, 1.54) is 13.4 Å². The highest BCUT2D eigenvalue weighted by atomic mass is 16.8. The van der Waals surface area contributed by atoms with Gasteiger partial charge in [-0.2, -0.15) is 0 Å². The van der Waals surface area contributed by atoms with Crippen LogP contribution in [0.1, 0.15) is 6.42 Å². The molecule has 2 heterocycles. The molecule has 1 aliphatic carbocycles. The fourth-order valence-electron chi connectivity index (χ4n) is 3.76. The van der Waals surface area contributed by atoms with Crippen molar-refractivity contribution in [1.82, 2.24) is 0 Å². The molecule has 152 valence electrons. The molecule has 0 radical (unpaired) electrons. The van der Waals surface area contributed by atoms with Gasteiger partial charge in [0.05, 0.1) is 37.6 Å². The maximum atomic E-state index is 12.0. The molecule has 10 heteroatoms. The summed E-state index contributed by atoms with van der Waals surface area (Å²) in [5, 5.41) is 49.3. The average molecular weight is 388 g/mol. The first kappa shape index (κ1) is 20.2. The molecule has 9 atom stereocenters. The summed E-state index contributed by atoms with van der Waals surface area (Å²) in [6.45, 7) is 3.24. The number of aliphatic hydroxyl groups excluding tert-OH is 5. The minimum Gasteiger partial charge on any atom is -0.471 e. The lowest BCUT2D eigenvalue weighted by Crippen LogP contribution is -2.60. The molecule has 1 saturated heterocycles. The SMILES string of the molecule is C=C1C(O)CC2C(C(=O)OC)=CO[C@@H](O[C@@H]3O[C@H](CO)[C@@H](O)[C@H](O)[C@H]3O)C12. The number of carbonyl (C=O) groups is 1. The second kappa shape index (κ2) is 7.84. The zero-order chi connectivity index (χ0) is 19.9. The Bertz CT molecular complexity index is 617. The molecule has 2 fully saturated rings. The largest absolute Gasteiger partial charge is 0.471 e. The minimum absolute atomic E-state index is 0.225. The van der Waals surface area contributed by atoms with Crippen LogP contribution in [0, 0.1) is 11.8 Å². The van der Waals surface area contributed by atoms with Crippen molar-refractivity contribution in [2.24, 2.45) is 11.8 Å². The molecule has 0 aromatic heterocycles. The molecular formula is C17H24O10. The summed E-state index contributed by atoms with van der Waals surface area (Å²) >= 11 is 0. The fourth-order valence-corrected chi connectivity index (χ4v) is 3.76. The van der Waals surface area contributed by atoms with Gasteiger partial charge in [0.2, 0.25) is 6.29 Å². The van der Waals surface area contributed by atoms with Gasteiger partial charge in [0.1, 0.15) is 24.4 Å². The molecule has 0 spiro atoms. The zero-order valence-corrected chi connectivity index (χ0v) is 14.7. The van der Waals surface area contributed by atoms with Crippen LogP contribution in [0.3, 0.4) is 0 Å². The maximum Gasteiger partial charge on any atom is 0.337 e. The van der Waals surface area contributed by atoms with Crippen molar-refractivity contribution in [3.63, 3.8) is 0 Å². The quantitative estimate of drug-likeness (QED) is 0.264. The molecule has 3 unspecified atom stereocenters. The van der Waals surface area contributed by atoms with Crippen molar-refractivity contribution in [2.45, 2.75) is 49.5 Å². The van der Waals surface area contributed by atoms with Crippen molar-refractivity contribution < 1.29 is 49.3 Å². The van der Waals surface area contributed by atoms with Gasteiger partial charge in [-0.3, -0.25) is 0 Å². The average Bonchev–Trinajstić information content (AvgIpc) is 2.96. The summed E-state index contributed by atoms with van der Waals surface area (Å²) in [5.74, 6) is -1.69. The van der Waals surface area contributed by atoms with Crippen LogP contribution >= 0.6 is 0 Å². The number of methoxy groups -OCH3 is 1. The van der Waals surface area contributed by atoms with Crippen LogP contribution in [0.2, 0.25) is 0 Å². The van der Waals surface area contributed by atoms with Gasteiger partial charge in [-0.1, -0.05) is 6.58 Å². The van der Waals surface area contributed by atoms with Crippen molar-refractivity contribution >= 4 is 5.97 Å². The Morgan fingerprint density at radius 1 is 1.22 bits per heavy atom. The van der Waals surface area contributed by atoms with Crippen LogP contribution in [0.15, 0.2) is 24.0 Å². The summed E-state index contributed by atoms with van der Waals surface area (Å²) in [6.07, 6.45) is -7.82. The van der Waals surface area contributed by atoms with Crippen molar-refractivity contribution in [2.75, 3.05) is 13.7 Å². The Hall–Kier alpha value is -1.53. The molecule has 0 aromatic rings. The number of fused-ring (bicyclic) bond motifs is 1. The lowest BCUT2D eigenvalue weighted by atomic mass is 9.85. The smallest absolute Gasteiger partial charge is 0.337 e. The van der Waals surface area contributed by atoms with Gasteiger partial charge in [-0.05, 0) is 12.0 Å². The maximum absolute atomic E-state index is 12.0. The van der Waals surface area contributed by atoms with Crippen LogP contribution < -0.4 is 0 Å². The van der Waals surface area contributed by atoms with E-state index in [4.69, 9.17) is 18.9 Å². The molecule has 10 nitrogen and oxygen atoms in total. The molecule has 0 bridgehead atoms. The van der Waals surface area contributed by atoms with Crippen molar-refractivity contribution in [3.8, 4) is 0 Å². The summed E-state index contributed by atoms with van der Waals surface area (Å²) < 4.78 is 21.2. The zero-order valence-electron chi connectivity index (χ0n) is 14.7. The third-order valence-corrected chi connectivity index (χ3v) is 5.33. The van der Waals surface area contributed by atoms with Crippen LogP contribution in [0.4, 0.5) is 0 Å². The van der Waals surface area contributed by atoms with E-state index < -0.39 is 67.5 Å². The molecule has 2 aliphatic heterocycles. The van der Waals surface area contributed by atoms with E-state index in [1.54, 1.807) is 0 Å². The Morgan fingerprint density at radius 3 is 2.56 bits per heavy atom. The van der Waals surface area contributed by atoms with Crippen LogP contribution in [0.25, 0.3) is 0 Å². The standard InChI is InChI=1S/C17H24O10/c1-6-9(19)3-7-8(15(23)24-2)5-25-16(11(6)7)27-17-14(22)13(21)12(20)10(4-18)26-17/h5,7,9-14,16-22H,1,3-4H2,2H3/t7?,9?,10-,11?,12-,13+,14-,16+,17+/m1/s1. The van der Waals surface area contributed by atoms with Crippen molar-refractivity contribution in [3.05, 3.63) is 24.0 Å². The number of hydrogen-bond donors (Lipinski definition) is 5. The third kappa shape index (κ3) is 3.49. The summed E-state index contributed by atoms with van der Waals surface area (Å²) in [6, 6.07) is 0. The van der Waals surface area contributed by atoms with Gasteiger partial charge in [-0.25, -0.2) is 4.79 Å². The van der Waals surface area contributed by atoms with Gasteiger partial charge in [0.25, 0.3) is 0 Å². The van der Waals surface area contributed by atoms with Gasteiger partial charge in [0, 0.05) is 5.92 Å². The van der Waals surface area contributed by atoms with Crippen molar-refractivity contribution in [1.29, 1.82) is 0 Å². The second-order valence-corrected chi connectivity index (χ2v) is 6.86. The van der Waals surface area contributed by atoms with E-state index in [2.05, 4.69) is 6.58 Å². The predicted molar refractivity (Wildman–Crippen MR) is 86.6 cm³/mol. The second-order valence-electron chi connectivity index (χ2n) is 6.86. The van der Waals surface area contributed by atoms with E-state index in [9.17, 15) is 30.3 Å². The van der Waals surface area contributed by atoms with E-state index in [-0.39, 0.29) is 12.0 Å². The van der Waals surface area contributed by atoms with Gasteiger partial charge < -0.3 is 44.5 Å². The number of carbonyl (C=O) groups excluding carboxylic acids is 1. The molecular weight excluding hydrogens is 364 g/mol. The number of hydrogen-bond acceptors (Lipinski definition) is 10. The molecule has 3 rings (SSSR count). The topological polar surface area (TPSA) is 155 Å². The van der Waals surface area contributed by atoms with E-state index >= 15 is 0 Å². The molecule has 27 heavy (non-hydrogen) atoms. The lowest BCUT2D eigenvalue weighted by Gasteiger charge is -2.42. The Morgan fingerprint density at radius 2 is 1.93 bits per heavy atom. The van der Waals surface area contributed by atoms with Crippen LogP contribution in [-0.4, -0.2) is 88.3 Å². The van der Waals surface area contributed by atoms with Crippen LogP contribution in [0.5, 0.6) is 0 Å². The highest BCUT2D eigenvalue weighted by Gasteiger charge is 2.52. The summed E-state index contributed by atoms with van der Waals surface area (Å²) in [7, 11) is 1.23. The monoisotopic (exact) mass is 388 g/mol. The number of esters is 1. The van der Waals surface area contributed by atoms with E-state index in [0.29, 0.717) is 5.57 Å². The van der Waals surface area contributed by atoms with Gasteiger partial charge in [0.15, 0.2) is 6.29 Å². The number of aliphatic hydroxyl groups is 5. The first-order chi connectivity index (χ1) is 12.8. The lowest BCUT2D eigenvalue weighted by molar-refractivity contribution is -0.339. The normalized spacial score (nSPS) is 44.3. The third-order valence-electron chi connectivity index (χ3n) is 5.33.